The van der Waals surface area contributed by atoms with Gasteiger partial charge >= 0.3 is 0 Å². The Bertz CT molecular complexity index is 306. The predicted octanol–water partition coefficient (Wildman–Crippen LogP) is 0.817. The number of hydrogen-bond donors (Lipinski definition) is 2. The largest absolute Gasteiger partial charge is 0.339 e. The molecule has 0 aromatic carbocycles. The van der Waals surface area contributed by atoms with E-state index in [1.54, 1.807) is 0 Å². The first-order valence-electron chi connectivity index (χ1n) is 5.52. The first-order valence-corrected chi connectivity index (χ1v) is 5.52. The molecule has 0 bridgehead atoms. The van der Waals surface area contributed by atoms with Gasteiger partial charge in [-0.05, 0) is 33.4 Å². The van der Waals surface area contributed by atoms with Crippen molar-refractivity contribution in [3.63, 3.8) is 0 Å². The normalized spacial score (nSPS) is 24.0. The highest BCUT2D eigenvalue weighted by Crippen LogP contribution is 2.22. The highest BCUT2D eigenvalue weighted by molar-refractivity contribution is 4.99. The second-order valence-electron chi connectivity index (χ2n) is 4.04. The summed E-state index contributed by atoms with van der Waals surface area (Å²) in [5.74, 6) is 1.92. The molecule has 1 aromatic heterocycles. The summed E-state index contributed by atoms with van der Waals surface area (Å²) in [7, 11) is 1.89. The Morgan fingerprint density at radius 1 is 1.60 bits per heavy atom. The lowest BCUT2D eigenvalue weighted by Gasteiger charge is -2.18. The molecule has 84 valence electrons. The van der Waals surface area contributed by atoms with Crippen molar-refractivity contribution in [3.05, 3.63) is 11.7 Å². The maximum absolute atomic E-state index is 5.29. The summed E-state index contributed by atoms with van der Waals surface area (Å²) >= 11 is 0. The van der Waals surface area contributed by atoms with E-state index >= 15 is 0 Å². The summed E-state index contributed by atoms with van der Waals surface area (Å²) in [6.45, 7) is 4.08. The number of nitrogens with zero attached hydrogens (tertiary/aromatic N) is 2. The molecular weight excluding hydrogens is 192 g/mol. The highest BCUT2D eigenvalue weighted by atomic mass is 16.5. The third kappa shape index (κ3) is 2.35. The number of nitrogens with one attached hydrogen (secondary N) is 2. The highest BCUT2D eigenvalue weighted by Gasteiger charge is 2.22. The number of aromatic nitrogens is 2. The van der Waals surface area contributed by atoms with E-state index < -0.39 is 0 Å². The fourth-order valence-electron chi connectivity index (χ4n) is 1.78. The Morgan fingerprint density at radius 3 is 3.13 bits per heavy atom. The monoisotopic (exact) mass is 210 g/mol. The molecule has 5 nitrogen and oxygen atoms in total. The average Bonchev–Trinajstić information content (AvgIpc) is 2.78. The van der Waals surface area contributed by atoms with E-state index in [-0.39, 0.29) is 6.04 Å². The van der Waals surface area contributed by atoms with Crippen molar-refractivity contribution in [1.29, 1.82) is 0 Å². The van der Waals surface area contributed by atoms with Gasteiger partial charge in [0.2, 0.25) is 5.89 Å². The average molecular weight is 210 g/mol. The van der Waals surface area contributed by atoms with E-state index in [0.717, 1.165) is 31.2 Å². The standard InChI is InChI=1S/C10H18N4O/c1-7(11-2)9-13-10(15-14-9)8-4-3-5-12-6-8/h7-8,11-12H,3-6H2,1-2H3. The molecule has 1 aliphatic rings. The van der Waals surface area contributed by atoms with Gasteiger partial charge in [-0.2, -0.15) is 4.98 Å². The van der Waals surface area contributed by atoms with Crippen molar-refractivity contribution in [2.45, 2.75) is 31.7 Å². The van der Waals surface area contributed by atoms with Gasteiger partial charge in [0.05, 0.1) is 12.0 Å². The Labute approximate surface area is 89.6 Å². The van der Waals surface area contributed by atoms with Crippen LogP contribution in [0.4, 0.5) is 0 Å². The van der Waals surface area contributed by atoms with Crippen LogP contribution in [0.5, 0.6) is 0 Å². The Balaban J connectivity index is 2.05. The van der Waals surface area contributed by atoms with E-state index in [9.17, 15) is 0 Å². The molecule has 2 N–H and O–H groups in total. The topological polar surface area (TPSA) is 63.0 Å². The van der Waals surface area contributed by atoms with Crippen molar-refractivity contribution in [2.24, 2.45) is 0 Å². The van der Waals surface area contributed by atoms with Crippen LogP contribution in [0.25, 0.3) is 0 Å². The maximum Gasteiger partial charge on any atom is 0.231 e. The third-order valence-corrected chi connectivity index (χ3v) is 2.92. The minimum absolute atomic E-state index is 0.152. The van der Waals surface area contributed by atoms with Crippen molar-refractivity contribution < 1.29 is 4.52 Å². The second kappa shape index (κ2) is 4.72. The lowest BCUT2D eigenvalue weighted by molar-refractivity contribution is 0.318. The SMILES string of the molecule is CNC(C)c1noc(C2CCCNC2)n1. The van der Waals surface area contributed by atoms with Gasteiger partial charge in [0.15, 0.2) is 5.82 Å². The molecule has 1 aliphatic heterocycles. The Morgan fingerprint density at radius 2 is 2.47 bits per heavy atom. The van der Waals surface area contributed by atoms with Crippen LogP contribution in [-0.4, -0.2) is 30.3 Å². The summed E-state index contributed by atoms with van der Waals surface area (Å²) in [5.41, 5.74) is 0. The zero-order valence-electron chi connectivity index (χ0n) is 9.29. The van der Waals surface area contributed by atoms with Crippen LogP contribution in [0.2, 0.25) is 0 Å². The van der Waals surface area contributed by atoms with Crippen LogP contribution in [0.3, 0.4) is 0 Å². The fraction of sp³-hybridized carbons (Fsp3) is 0.800. The molecule has 1 aromatic rings. The van der Waals surface area contributed by atoms with Crippen molar-refractivity contribution in [1.82, 2.24) is 20.8 Å². The van der Waals surface area contributed by atoms with E-state index in [4.69, 9.17) is 4.52 Å². The molecule has 0 spiro atoms. The van der Waals surface area contributed by atoms with Gasteiger partial charge in [0.25, 0.3) is 0 Å². The van der Waals surface area contributed by atoms with Crippen LogP contribution in [0, 0.1) is 0 Å². The van der Waals surface area contributed by atoms with Crippen LogP contribution >= 0.6 is 0 Å². The fourth-order valence-corrected chi connectivity index (χ4v) is 1.78. The van der Waals surface area contributed by atoms with E-state index in [2.05, 4.69) is 20.8 Å². The van der Waals surface area contributed by atoms with Crippen LogP contribution < -0.4 is 10.6 Å². The molecule has 15 heavy (non-hydrogen) atoms. The molecular formula is C10H18N4O. The second-order valence-corrected chi connectivity index (χ2v) is 4.04. The zero-order chi connectivity index (χ0) is 10.7. The maximum atomic E-state index is 5.29. The summed E-state index contributed by atoms with van der Waals surface area (Å²) < 4.78 is 5.29. The van der Waals surface area contributed by atoms with E-state index in [0.29, 0.717) is 5.92 Å². The molecule has 0 radical (unpaired) electrons. The van der Waals surface area contributed by atoms with Gasteiger partial charge in [-0.15, -0.1) is 0 Å². The molecule has 0 saturated carbocycles. The first kappa shape index (κ1) is 10.6. The minimum atomic E-state index is 0.152. The van der Waals surface area contributed by atoms with Gasteiger partial charge in [-0.3, -0.25) is 0 Å². The summed E-state index contributed by atoms with van der Waals surface area (Å²) in [6, 6.07) is 0.152. The van der Waals surface area contributed by atoms with Crippen molar-refractivity contribution in [3.8, 4) is 0 Å². The molecule has 2 rings (SSSR count). The van der Waals surface area contributed by atoms with Crippen LogP contribution in [0.1, 0.15) is 43.4 Å². The summed E-state index contributed by atoms with van der Waals surface area (Å²) in [4.78, 5) is 4.42. The van der Waals surface area contributed by atoms with E-state index in [1.165, 1.54) is 6.42 Å². The molecule has 1 fully saturated rings. The molecule has 2 unspecified atom stereocenters. The number of hydrogen-bond acceptors (Lipinski definition) is 5. The number of piperidine rings is 1. The zero-order valence-corrected chi connectivity index (χ0v) is 9.29. The molecule has 2 atom stereocenters. The van der Waals surface area contributed by atoms with Crippen molar-refractivity contribution in [2.75, 3.05) is 20.1 Å². The quantitative estimate of drug-likeness (QED) is 0.773. The van der Waals surface area contributed by atoms with Gasteiger partial charge in [-0.25, -0.2) is 0 Å². The molecule has 0 amide bonds. The number of rotatable bonds is 3. The van der Waals surface area contributed by atoms with Crippen LogP contribution in [-0.2, 0) is 0 Å². The molecule has 0 aliphatic carbocycles. The lowest BCUT2D eigenvalue weighted by Crippen LogP contribution is -2.28. The van der Waals surface area contributed by atoms with Gasteiger partial charge in [-0.1, -0.05) is 5.16 Å². The summed E-state index contributed by atoms with van der Waals surface area (Å²) in [5, 5.41) is 10.4. The molecule has 5 heteroatoms. The molecule has 2 heterocycles. The van der Waals surface area contributed by atoms with Gasteiger partial charge < -0.3 is 15.2 Å². The van der Waals surface area contributed by atoms with Crippen LogP contribution in [0.15, 0.2) is 4.52 Å². The van der Waals surface area contributed by atoms with Gasteiger partial charge in [0.1, 0.15) is 0 Å². The van der Waals surface area contributed by atoms with Crippen molar-refractivity contribution >= 4 is 0 Å². The van der Waals surface area contributed by atoms with E-state index in [1.807, 2.05) is 14.0 Å². The Hall–Kier alpha value is -0.940. The molecule has 1 saturated heterocycles. The smallest absolute Gasteiger partial charge is 0.231 e. The Kier molecular flexibility index (Phi) is 3.33. The third-order valence-electron chi connectivity index (χ3n) is 2.92. The minimum Gasteiger partial charge on any atom is -0.339 e. The first-order chi connectivity index (χ1) is 7.31. The lowest BCUT2D eigenvalue weighted by atomic mass is 10.00. The van der Waals surface area contributed by atoms with Gasteiger partial charge in [0, 0.05) is 6.54 Å². The predicted molar refractivity (Wildman–Crippen MR) is 56.6 cm³/mol. The summed E-state index contributed by atoms with van der Waals surface area (Å²) in [6.07, 6.45) is 2.33.